The Hall–Kier alpha value is -2.40. The predicted octanol–water partition coefficient (Wildman–Crippen LogP) is 8.59. The van der Waals surface area contributed by atoms with E-state index >= 15 is 0 Å². The standard InChI is InChI=1S/C29H34F2/c1-2-3-4-5-6-7-8-9-24-13-17-27(29(31)22-24)16-12-23-10-14-25(15-11-23)26-18-20-28(30)21-19-26/h8-11,13-15,17,22,26,28H,2-7,18-21H2,1H3/b9-8+. The number of allylic oxidation sites excluding steroid dienone is 1. The van der Waals surface area contributed by atoms with E-state index < -0.39 is 6.17 Å². The maximum atomic E-state index is 14.4. The summed E-state index contributed by atoms with van der Waals surface area (Å²) in [7, 11) is 0. The van der Waals surface area contributed by atoms with E-state index in [0.717, 1.165) is 30.4 Å². The molecule has 0 spiro atoms. The molecule has 0 amide bonds. The minimum Gasteiger partial charge on any atom is -0.247 e. The summed E-state index contributed by atoms with van der Waals surface area (Å²) in [5.74, 6) is 6.19. The number of halogens is 2. The van der Waals surface area contributed by atoms with E-state index in [2.05, 4.69) is 37.0 Å². The third-order valence-corrected chi connectivity index (χ3v) is 6.16. The summed E-state index contributed by atoms with van der Waals surface area (Å²) in [5.41, 5.74) is 3.42. The number of unbranched alkanes of at least 4 members (excludes halogenated alkanes) is 5. The summed E-state index contributed by atoms with van der Waals surface area (Å²) in [6, 6.07) is 13.4. The zero-order valence-electron chi connectivity index (χ0n) is 18.7. The molecule has 0 aliphatic heterocycles. The molecule has 2 heteroatoms. The summed E-state index contributed by atoms with van der Waals surface area (Å²) in [6.07, 6.45) is 14.0. The Morgan fingerprint density at radius 2 is 1.65 bits per heavy atom. The Balaban J connectivity index is 1.53. The fraction of sp³-hybridized carbons (Fsp3) is 0.448. The van der Waals surface area contributed by atoms with Gasteiger partial charge in [-0.05, 0) is 79.8 Å². The van der Waals surface area contributed by atoms with Crippen molar-refractivity contribution in [1.82, 2.24) is 0 Å². The number of hydrogen-bond donors (Lipinski definition) is 0. The van der Waals surface area contributed by atoms with Crippen LogP contribution in [-0.4, -0.2) is 6.17 Å². The van der Waals surface area contributed by atoms with Gasteiger partial charge in [0, 0.05) is 5.56 Å². The molecule has 0 heterocycles. The zero-order valence-corrected chi connectivity index (χ0v) is 18.7. The van der Waals surface area contributed by atoms with Crippen LogP contribution < -0.4 is 0 Å². The molecule has 0 bridgehead atoms. The molecule has 0 aromatic heterocycles. The lowest BCUT2D eigenvalue weighted by atomic mass is 9.83. The molecule has 0 N–H and O–H groups in total. The van der Waals surface area contributed by atoms with Crippen LogP contribution in [0.1, 0.15) is 99.3 Å². The van der Waals surface area contributed by atoms with Gasteiger partial charge in [0.25, 0.3) is 0 Å². The van der Waals surface area contributed by atoms with Crippen LogP contribution in [0.4, 0.5) is 8.78 Å². The molecule has 0 nitrogen and oxygen atoms in total. The largest absolute Gasteiger partial charge is 0.247 e. The fourth-order valence-corrected chi connectivity index (χ4v) is 4.19. The third kappa shape index (κ3) is 7.66. The molecule has 0 atom stereocenters. The van der Waals surface area contributed by atoms with Crippen LogP contribution in [0.15, 0.2) is 48.5 Å². The number of alkyl halides is 1. The van der Waals surface area contributed by atoms with Crippen molar-refractivity contribution < 1.29 is 8.78 Å². The van der Waals surface area contributed by atoms with E-state index in [4.69, 9.17) is 0 Å². The van der Waals surface area contributed by atoms with Gasteiger partial charge >= 0.3 is 0 Å². The molecule has 1 saturated carbocycles. The van der Waals surface area contributed by atoms with Crippen molar-refractivity contribution in [2.24, 2.45) is 0 Å². The predicted molar refractivity (Wildman–Crippen MR) is 127 cm³/mol. The van der Waals surface area contributed by atoms with Gasteiger partial charge in [0.15, 0.2) is 0 Å². The van der Waals surface area contributed by atoms with Crippen molar-refractivity contribution in [2.75, 3.05) is 0 Å². The first-order chi connectivity index (χ1) is 15.2. The number of benzene rings is 2. The molecule has 1 aliphatic rings. The molecule has 1 aliphatic carbocycles. The van der Waals surface area contributed by atoms with Crippen molar-refractivity contribution in [3.05, 3.63) is 76.6 Å². The first kappa shape index (κ1) is 23.3. The molecule has 2 aromatic rings. The van der Waals surface area contributed by atoms with Gasteiger partial charge in [0.1, 0.15) is 12.0 Å². The van der Waals surface area contributed by atoms with Crippen molar-refractivity contribution in [1.29, 1.82) is 0 Å². The van der Waals surface area contributed by atoms with Crippen molar-refractivity contribution in [2.45, 2.75) is 83.2 Å². The van der Waals surface area contributed by atoms with Crippen LogP contribution >= 0.6 is 0 Å². The van der Waals surface area contributed by atoms with Crippen LogP contribution in [-0.2, 0) is 0 Å². The van der Waals surface area contributed by atoms with Gasteiger partial charge in [0.2, 0.25) is 0 Å². The summed E-state index contributed by atoms with van der Waals surface area (Å²) in [5, 5.41) is 0. The second-order valence-electron chi connectivity index (χ2n) is 8.67. The van der Waals surface area contributed by atoms with Crippen molar-refractivity contribution in [3.8, 4) is 11.8 Å². The summed E-state index contributed by atoms with van der Waals surface area (Å²) < 4.78 is 27.8. The lowest BCUT2D eigenvalue weighted by Gasteiger charge is -2.24. The monoisotopic (exact) mass is 420 g/mol. The van der Waals surface area contributed by atoms with Gasteiger partial charge in [-0.2, -0.15) is 0 Å². The van der Waals surface area contributed by atoms with E-state index in [1.807, 2.05) is 24.3 Å². The number of rotatable bonds is 8. The topological polar surface area (TPSA) is 0 Å². The molecule has 1 fully saturated rings. The molecular weight excluding hydrogens is 386 g/mol. The highest BCUT2D eigenvalue weighted by Crippen LogP contribution is 2.34. The Labute approximate surface area is 186 Å². The fourth-order valence-electron chi connectivity index (χ4n) is 4.19. The van der Waals surface area contributed by atoms with Gasteiger partial charge in [-0.1, -0.05) is 74.8 Å². The third-order valence-electron chi connectivity index (χ3n) is 6.16. The minimum atomic E-state index is -0.631. The van der Waals surface area contributed by atoms with E-state index in [1.54, 1.807) is 12.1 Å². The van der Waals surface area contributed by atoms with Crippen LogP contribution in [0.25, 0.3) is 6.08 Å². The smallest absolute Gasteiger partial charge is 0.139 e. The lowest BCUT2D eigenvalue weighted by Crippen LogP contribution is -2.13. The normalized spacial score (nSPS) is 18.7. The van der Waals surface area contributed by atoms with Crippen LogP contribution in [0.2, 0.25) is 0 Å². The van der Waals surface area contributed by atoms with Gasteiger partial charge in [-0.25, -0.2) is 8.78 Å². The van der Waals surface area contributed by atoms with Crippen LogP contribution in [0.5, 0.6) is 0 Å². The highest BCUT2D eigenvalue weighted by Gasteiger charge is 2.21. The lowest BCUT2D eigenvalue weighted by molar-refractivity contribution is 0.235. The molecule has 2 aromatic carbocycles. The quantitative estimate of drug-likeness (QED) is 0.296. The first-order valence-corrected chi connectivity index (χ1v) is 11.9. The zero-order chi connectivity index (χ0) is 21.9. The Kier molecular flexibility index (Phi) is 9.35. The van der Waals surface area contributed by atoms with Gasteiger partial charge < -0.3 is 0 Å². The average molecular weight is 421 g/mol. The molecular formula is C29H34F2. The highest BCUT2D eigenvalue weighted by molar-refractivity contribution is 5.53. The summed E-state index contributed by atoms with van der Waals surface area (Å²) in [4.78, 5) is 0. The van der Waals surface area contributed by atoms with Gasteiger partial charge in [-0.15, -0.1) is 0 Å². The highest BCUT2D eigenvalue weighted by atomic mass is 19.1. The van der Waals surface area contributed by atoms with Crippen molar-refractivity contribution >= 4 is 6.08 Å². The Bertz CT molecular complexity index is 891. The molecule has 0 saturated heterocycles. The van der Waals surface area contributed by atoms with Crippen LogP contribution in [0.3, 0.4) is 0 Å². The molecule has 31 heavy (non-hydrogen) atoms. The SMILES string of the molecule is CCCCCCC/C=C/c1ccc(C#Cc2ccc(C3CCC(F)CC3)cc2)c(F)c1. The molecule has 164 valence electrons. The summed E-state index contributed by atoms with van der Waals surface area (Å²) >= 11 is 0. The molecule has 3 rings (SSSR count). The first-order valence-electron chi connectivity index (χ1n) is 11.9. The van der Waals surface area contributed by atoms with E-state index in [0.29, 0.717) is 24.3 Å². The Morgan fingerprint density at radius 3 is 2.35 bits per heavy atom. The Morgan fingerprint density at radius 1 is 0.903 bits per heavy atom. The minimum absolute atomic E-state index is 0.280. The maximum absolute atomic E-state index is 14.4. The van der Waals surface area contributed by atoms with Crippen LogP contribution in [0, 0.1) is 17.7 Å². The molecule has 0 radical (unpaired) electrons. The summed E-state index contributed by atoms with van der Waals surface area (Å²) in [6.45, 7) is 2.22. The molecule has 0 unspecified atom stereocenters. The van der Waals surface area contributed by atoms with E-state index in [9.17, 15) is 8.78 Å². The average Bonchev–Trinajstić information content (AvgIpc) is 2.79. The van der Waals surface area contributed by atoms with Gasteiger partial charge in [-0.3, -0.25) is 0 Å². The van der Waals surface area contributed by atoms with E-state index in [1.165, 1.54) is 37.7 Å². The number of hydrogen-bond acceptors (Lipinski definition) is 0. The van der Waals surface area contributed by atoms with Gasteiger partial charge in [0.05, 0.1) is 5.56 Å². The second-order valence-corrected chi connectivity index (χ2v) is 8.67. The second kappa shape index (κ2) is 12.5. The van der Waals surface area contributed by atoms with Crippen molar-refractivity contribution in [3.63, 3.8) is 0 Å². The van der Waals surface area contributed by atoms with E-state index in [-0.39, 0.29) is 5.82 Å². The maximum Gasteiger partial charge on any atom is 0.139 e.